The van der Waals surface area contributed by atoms with Crippen LogP contribution >= 0.6 is 11.6 Å². The normalized spacial score (nSPS) is 19.0. The van der Waals surface area contributed by atoms with Crippen LogP contribution in [-0.2, 0) is 22.6 Å². The van der Waals surface area contributed by atoms with Gasteiger partial charge in [0.15, 0.2) is 6.61 Å². The molecule has 11 heteroatoms. The van der Waals surface area contributed by atoms with Crippen molar-refractivity contribution < 1.29 is 33.7 Å². The predicted octanol–water partition coefficient (Wildman–Crippen LogP) is 3.39. The number of halogens is 1. The highest BCUT2D eigenvalue weighted by Crippen LogP contribution is 2.29. The van der Waals surface area contributed by atoms with E-state index in [1.165, 1.54) is 6.07 Å². The Kier molecular flexibility index (Phi) is 8.72. The molecule has 10 nitrogen and oxygen atoms in total. The summed E-state index contributed by atoms with van der Waals surface area (Å²) < 4.78 is 17.7. The van der Waals surface area contributed by atoms with Crippen LogP contribution in [0.5, 0.6) is 23.0 Å². The zero-order chi connectivity index (χ0) is 29.8. The number of nitrogens with zero attached hydrogens (tertiary/aromatic N) is 1. The maximum Gasteiger partial charge on any atom is 0.258 e. The quantitative estimate of drug-likeness (QED) is 0.425. The van der Waals surface area contributed by atoms with Gasteiger partial charge in [-0.15, -0.1) is 0 Å². The summed E-state index contributed by atoms with van der Waals surface area (Å²) in [6.07, 6.45) is 0.124. The minimum atomic E-state index is -0.533. The van der Waals surface area contributed by atoms with Gasteiger partial charge in [-0.05, 0) is 54.4 Å². The van der Waals surface area contributed by atoms with Gasteiger partial charge >= 0.3 is 0 Å². The van der Waals surface area contributed by atoms with Gasteiger partial charge in [-0.25, -0.2) is 0 Å². The minimum absolute atomic E-state index is 0.0487. The van der Waals surface area contributed by atoms with E-state index in [-0.39, 0.29) is 54.6 Å². The Morgan fingerprint density at radius 1 is 1.14 bits per heavy atom. The summed E-state index contributed by atoms with van der Waals surface area (Å²) in [5, 5.41) is 15.8. The van der Waals surface area contributed by atoms with Crippen LogP contribution in [0.4, 0.5) is 0 Å². The molecule has 0 aliphatic carbocycles. The number of fused-ring (bicyclic) bond motifs is 7. The van der Waals surface area contributed by atoms with E-state index in [0.717, 1.165) is 11.1 Å². The lowest BCUT2D eigenvalue weighted by Crippen LogP contribution is -2.58. The number of carbonyl (C=O) groups excluding carboxylic acids is 3. The molecule has 2 atom stereocenters. The summed E-state index contributed by atoms with van der Waals surface area (Å²) in [6.45, 7) is 2.50. The van der Waals surface area contributed by atoms with Crippen molar-refractivity contribution in [1.82, 2.24) is 15.5 Å². The Bertz CT molecular complexity index is 1510. The van der Waals surface area contributed by atoms with E-state index in [9.17, 15) is 19.5 Å². The fourth-order valence-electron chi connectivity index (χ4n) is 5.04. The standard InChI is InChI=1S/C31H32ClN3O7/c1-18-3-5-20-13-27(18)41-17-29(37)33-15-21-6-7-22(14-28(21)40-2)42-26-9-10-35(16-24(26)34-31(20)39)30(38)12-19-4-8-25(36)23(32)11-19/h3-8,11,13-14,24,26,36H,9-10,12,15-17H2,1-2H3,(H,33,37)(H,34,39)/t24-,26+/m0/s1. The molecular weight excluding hydrogens is 562 g/mol. The number of amides is 3. The predicted molar refractivity (Wildman–Crippen MR) is 155 cm³/mol. The number of piperidine rings is 1. The largest absolute Gasteiger partial charge is 0.506 e. The molecule has 0 aromatic heterocycles. The minimum Gasteiger partial charge on any atom is -0.506 e. The summed E-state index contributed by atoms with van der Waals surface area (Å²) in [5.41, 5.74) is 2.57. The van der Waals surface area contributed by atoms with E-state index >= 15 is 0 Å². The van der Waals surface area contributed by atoms with Crippen LogP contribution < -0.4 is 24.8 Å². The SMILES string of the molecule is COc1cc2ccc1CNC(=O)COc1cc(ccc1C)C(=O)N[C@H]1CN(C(=O)Cc3ccc(O)c(Cl)c3)CC[C@H]1O2. The number of hydrogen-bond donors (Lipinski definition) is 3. The maximum absolute atomic E-state index is 13.5. The molecule has 4 bridgehead atoms. The highest BCUT2D eigenvalue weighted by atomic mass is 35.5. The topological polar surface area (TPSA) is 126 Å². The van der Waals surface area contributed by atoms with Gasteiger partial charge in [0.2, 0.25) is 5.91 Å². The number of carbonyl (C=O) groups is 3. The first-order chi connectivity index (χ1) is 20.2. The monoisotopic (exact) mass is 593 g/mol. The van der Waals surface area contributed by atoms with Gasteiger partial charge in [-0.2, -0.15) is 0 Å². The van der Waals surface area contributed by atoms with Gasteiger partial charge in [0, 0.05) is 43.2 Å². The molecule has 0 spiro atoms. The third-order valence-electron chi connectivity index (χ3n) is 7.42. The third-order valence-corrected chi connectivity index (χ3v) is 7.72. The Morgan fingerprint density at radius 3 is 2.76 bits per heavy atom. The summed E-state index contributed by atoms with van der Waals surface area (Å²) in [7, 11) is 1.54. The zero-order valence-corrected chi connectivity index (χ0v) is 24.1. The lowest BCUT2D eigenvalue weighted by Gasteiger charge is -2.39. The van der Waals surface area contributed by atoms with Gasteiger partial charge in [0.1, 0.15) is 29.1 Å². The van der Waals surface area contributed by atoms with E-state index in [0.29, 0.717) is 41.3 Å². The number of rotatable bonds is 3. The second-order valence-electron chi connectivity index (χ2n) is 10.3. The fraction of sp³-hybridized carbons (Fsp3) is 0.323. The first-order valence-electron chi connectivity index (χ1n) is 13.6. The number of nitrogens with one attached hydrogen (secondary N) is 2. The Balaban J connectivity index is 1.42. The Morgan fingerprint density at radius 2 is 1.98 bits per heavy atom. The second kappa shape index (κ2) is 12.6. The molecule has 3 aliphatic rings. The molecule has 0 saturated carbocycles. The third kappa shape index (κ3) is 6.71. The van der Waals surface area contributed by atoms with E-state index < -0.39 is 12.1 Å². The van der Waals surface area contributed by atoms with Crippen LogP contribution in [0, 0.1) is 6.92 Å². The van der Waals surface area contributed by atoms with Crippen molar-refractivity contribution >= 4 is 29.3 Å². The first kappa shape index (κ1) is 29.1. The number of ether oxygens (including phenoxy) is 3. The molecule has 3 heterocycles. The smallest absolute Gasteiger partial charge is 0.258 e. The van der Waals surface area contributed by atoms with Crippen LogP contribution in [-0.4, -0.2) is 66.7 Å². The summed E-state index contributed by atoms with van der Waals surface area (Å²) in [6, 6.07) is 14.5. The van der Waals surface area contributed by atoms with Crippen molar-refractivity contribution in [2.45, 2.75) is 38.5 Å². The Hall–Kier alpha value is -4.44. The average Bonchev–Trinajstić information content (AvgIpc) is 2.98. The van der Waals surface area contributed by atoms with Crippen LogP contribution in [0.1, 0.15) is 33.5 Å². The van der Waals surface area contributed by atoms with Crippen molar-refractivity contribution in [3.05, 3.63) is 81.9 Å². The number of aryl methyl sites for hydroxylation is 1. The molecule has 1 fully saturated rings. The number of hydrogen-bond acceptors (Lipinski definition) is 7. The molecule has 3 amide bonds. The highest BCUT2D eigenvalue weighted by Gasteiger charge is 2.34. The molecule has 1 saturated heterocycles. The average molecular weight is 594 g/mol. The zero-order valence-electron chi connectivity index (χ0n) is 23.3. The van der Waals surface area contributed by atoms with Crippen LogP contribution in [0.25, 0.3) is 0 Å². The van der Waals surface area contributed by atoms with Gasteiger partial charge in [0.25, 0.3) is 11.8 Å². The van der Waals surface area contributed by atoms with Crippen molar-refractivity contribution in [2.75, 3.05) is 26.8 Å². The molecule has 0 unspecified atom stereocenters. The van der Waals surface area contributed by atoms with E-state index in [2.05, 4.69) is 10.6 Å². The molecule has 42 heavy (non-hydrogen) atoms. The molecule has 220 valence electrons. The molecule has 6 rings (SSSR count). The van der Waals surface area contributed by atoms with Gasteiger partial charge in [-0.1, -0.05) is 23.7 Å². The van der Waals surface area contributed by atoms with Crippen LogP contribution in [0.2, 0.25) is 5.02 Å². The van der Waals surface area contributed by atoms with Crippen LogP contribution in [0.15, 0.2) is 54.6 Å². The number of phenolic OH excluding ortho intramolecular Hbond substituents is 1. The van der Waals surface area contributed by atoms with E-state index in [1.807, 2.05) is 13.0 Å². The Labute approximate surface area is 248 Å². The van der Waals surface area contributed by atoms with Crippen molar-refractivity contribution in [2.24, 2.45) is 0 Å². The van der Waals surface area contributed by atoms with E-state index in [1.54, 1.807) is 54.5 Å². The van der Waals surface area contributed by atoms with E-state index in [4.69, 9.17) is 25.8 Å². The van der Waals surface area contributed by atoms with Crippen molar-refractivity contribution in [1.29, 1.82) is 0 Å². The van der Waals surface area contributed by atoms with Crippen molar-refractivity contribution in [3.63, 3.8) is 0 Å². The fourth-order valence-corrected chi connectivity index (χ4v) is 5.24. The number of methoxy groups -OCH3 is 1. The van der Waals surface area contributed by atoms with Crippen molar-refractivity contribution in [3.8, 4) is 23.0 Å². The first-order valence-corrected chi connectivity index (χ1v) is 14.0. The van der Waals surface area contributed by atoms with Crippen LogP contribution in [0.3, 0.4) is 0 Å². The molecular formula is C31H32ClN3O7. The maximum atomic E-state index is 13.5. The van der Waals surface area contributed by atoms with Gasteiger partial charge in [0.05, 0.1) is 24.6 Å². The number of likely N-dealkylation sites (tertiary alicyclic amines) is 1. The summed E-state index contributed by atoms with van der Waals surface area (Å²) in [5.74, 6) is 0.635. The molecule has 3 aromatic rings. The number of aromatic hydroxyl groups is 1. The molecule has 3 aromatic carbocycles. The lowest BCUT2D eigenvalue weighted by atomic mass is 9.99. The summed E-state index contributed by atoms with van der Waals surface area (Å²) >= 11 is 6.03. The number of benzene rings is 3. The van der Waals surface area contributed by atoms with Gasteiger partial charge in [-0.3, -0.25) is 14.4 Å². The lowest BCUT2D eigenvalue weighted by molar-refractivity contribution is -0.133. The summed E-state index contributed by atoms with van der Waals surface area (Å²) in [4.78, 5) is 40.9. The number of phenols is 1. The van der Waals surface area contributed by atoms with Gasteiger partial charge < -0.3 is 34.9 Å². The highest BCUT2D eigenvalue weighted by molar-refractivity contribution is 6.32. The molecule has 3 aliphatic heterocycles. The second-order valence-corrected chi connectivity index (χ2v) is 10.8. The molecule has 3 N–H and O–H groups in total. The molecule has 0 radical (unpaired) electrons.